The van der Waals surface area contributed by atoms with E-state index in [9.17, 15) is 14.4 Å². The summed E-state index contributed by atoms with van der Waals surface area (Å²) in [6.45, 7) is 4.10. The van der Waals surface area contributed by atoms with Gasteiger partial charge in [-0.15, -0.1) is 5.10 Å². The molecule has 0 spiro atoms. The van der Waals surface area contributed by atoms with Crippen LogP contribution in [-0.2, 0) is 9.59 Å². The van der Waals surface area contributed by atoms with E-state index in [1.54, 1.807) is 12.1 Å². The van der Waals surface area contributed by atoms with Crippen molar-refractivity contribution in [3.63, 3.8) is 0 Å². The molecule has 2 aromatic rings. The van der Waals surface area contributed by atoms with E-state index < -0.39 is 11.9 Å². The highest BCUT2D eigenvalue weighted by Crippen LogP contribution is 2.16. The molecule has 0 aliphatic carbocycles. The Hall–Kier alpha value is -2.51. The highest BCUT2D eigenvalue weighted by molar-refractivity contribution is 6.55. The second-order valence-corrected chi connectivity index (χ2v) is 5.99. The topological polar surface area (TPSA) is 93.9 Å². The maximum absolute atomic E-state index is 12.7. The first-order chi connectivity index (χ1) is 11.0. The van der Waals surface area contributed by atoms with Gasteiger partial charge in [-0.3, -0.25) is 19.7 Å². The van der Waals surface area contributed by atoms with Crippen LogP contribution >= 0.6 is 0 Å². The van der Waals surface area contributed by atoms with Gasteiger partial charge in [0.25, 0.3) is 11.5 Å². The van der Waals surface area contributed by atoms with Gasteiger partial charge in [0.2, 0.25) is 5.91 Å². The van der Waals surface area contributed by atoms with Crippen LogP contribution in [0.1, 0.15) is 32.7 Å². The zero-order chi connectivity index (χ0) is 16.6. The normalized spacial score (nSPS) is 18.3. The molecule has 1 unspecified atom stereocenters. The van der Waals surface area contributed by atoms with E-state index in [0.29, 0.717) is 16.7 Å². The van der Waals surface area contributed by atoms with Crippen LogP contribution in [0.5, 0.6) is 0 Å². The third kappa shape index (κ3) is 3.01. The second kappa shape index (κ2) is 5.94. The first-order valence-corrected chi connectivity index (χ1v) is 7.53. The minimum atomic E-state index is -0.796. The summed E-state index contributed by atoms with van der Waals surface area (Å²) in [4.78, 5) is 35.9. The Morgan fingerprint density at radius 1 is 1.30 bits per heavy atom. The molecule has 1 radical (unpaired) electrons. The number of rotatable bonds is 3. The standard InChI is InChI=1S/C15H16BN4O3/c1-8(2)16-9-3-4-11-10(7-9)15(23)20(19-18-11)12-5-6-13(21)17-14(12)22/h3-4,7-8,12H,5-6H2,1-2H3,(H,17,21,22). The number of carbonyl (C=O) groups excluding carboxylic acids is 2. The van der Waals surface area contributed by atoms with Crippen LogP contribution in [0.15, 0.2) is 23.0 Å². The average Bonchev–Trinajstić information content (AvgIpc) is 2.48. The van der Waals surface area contributed by atoms with Gasteiger partial charge in [-0.2, -0.15) is 4.68 Å². The van der Waals surface area contributed by atoms with Gasteiger partial charge in [0, 0.05) is 6.42 Å². The number of carbonyl (C=O) groups is 2. The maximum atomic E-state index is 12.7. The number of benzene rings is 1. The van der Waals surface area contributed by atoms with E-state index in [1.165, 1.54) is 0 Å². The Bertz CT molecular complexity index is 846. The van der Waals surface area contributed by atoms with Gasteiger partial charge in [-0.05, 0) is 12.5 Å². The van der Waals surface area contributed by atoms with E-state index >= 15 is 0 Å². The lowest BCUT2D eigenvalue weighted by molar-refractivity contribution is -0.136. The predicted octanol–water partition coefficient (Wildman–Crippen LogP) is -0.0730. The number of imide groups is 1. The zero-order valence-corrected chi connectivity index (χ0v) is 12.9. The lowest BCUT2D eigenvalue weighted by Gasteiger charge is -2.21. The summed E-state index contributed by atoms with van der Waals surface area (Å²) in [6.07, 6.45) is 0.437. The molecule has 0 saturated carbocycles. The summed E-state index contributed by atoms with van der Waals surface area (Å²) in [5.41, 5.74) is 1.04. The largest absolute Gasteiger partial charge is 0.295 e. The monoisotopic (exact) mass is 311 g/mol. The SMILES string of the molecule is CC(C)[B]c1ccc2nnn(C3CCC(=O)NC3=O)c(=O)c2c1. The molecule has 1 atom stereocenters. The molecule has 1 N–H and O–H groups in total. The first kappa shape index (κ1) is 15.4. The third-order valence-electron chi connectivity index (χ3n) is 3.74. The Morgan fingerprint density at radius 3 is 2.78 bits per heavy atom. The molecule has 2 heterocycles. The molecule has 8 heteroatoms. The van der Waals surface area contributed by atoms with Crippen LogP contribution in [0, 0.1) is 0 Å². The number of aromatic nitrogens is 3. The van der Waals surface area contributed by atoms with Crippen LogP contribution in [0.25, 0.3) is 10.9 Å². The molecule has 3 rings (SSSR count). The van der Waals surface area contributed by atoms with E-state index in [4.69, 9.17) is 0 Å². The summed E-state index contributed by atoms with van der Waals surface area (Å²) in [5.74, 6) is -0.497. The fourth-order valence-electron chi connectivity index (χ4n) is 2.68. The number of nitrogens with one attached hydrogen (secondary N) is 1. The molecule has 2 amide bonds. The lowest BCUT2D eigenvalue weighted by atomic mass is 9.60. The highest BCUT2D eigenvalue weighted by atomic mass is 16.2. The van der Waals surface area contributed by atoms with E-state index in [2.05, 4.69) is 29.5 Å². The van der Waals surface area contributed by atoms with Crippen molar-refractivity contribution >= 4 is 35.5 Å². The smallest absolute Gasteiger partial charge is 0.278 e. The van der Waals surface area contributed by atoms with Gasteiger partial charge >= 0.3 is 0 Å². The minimum absolute atomic E-state index is 0.184. The fourth-order valence-corrected chi connectivity index (χ4v) is 2.68. The molecule has 1 aromatic carbocycles. The molecular weight excluding hydrogens is 295 g/mol. The Labute approximate surface area is 133 Å². The van der Waals surface area contributed by atoms with Gasteiger partial charge in [0.15, 0.2) is 7.28 Å². The molecule has 7 nitrogen and oxygen atoms in total. The predicted molar refractivity (Wildman–Crippen MR) is 85.7 cm³/mol. The van der Waals surface area contributed by atoms with Crippen molar-refractivity contribution in [3.05, 3.63) is 28.6 Å². The number of piperidine rings is 1. The Balaban J connectivity index is 2.05. The summed E-state index contributed by atoms with van der Waals surface area (Å²) in [5, 5.41) is 10.5. The average molecular weight is 311 g/mol. The van der Waals surface area contributed by atoms with Crippen molar-refractivity contribution in [2.75, 3.05) is 0 Å². The molecular formula is C15H16BN4O3. The van der Waals surface area contributed by atoms with Gasteiger partial charge < -0.3 is 0 Å². The zero-order valence-electron chi connectivity index (χ0n) is 12.9. The van der Waals surface area contributed by atoms with Crippen molar-refractivity contribution < 1.29 is 9.59 Å². The van der Waals surface area contributed by atoms with Crippen LogP contribution in [-0.4, -0.2) is 34.1 Å². The van der Waals surface area contributed by atoms with Crippen molar-refractivity contribution in [3.8, 4) is 0 Å². The molecule has 23 heavy (non-hydrogen) atoms. The van der Waals surface area contributed by atoms with Gasteiger partial charge in [0.05, 0.1) is 5.39 Å². The van der Waals surface area contributed by atoms with Crippen molar-refractivity contribution in [2.24, 2.45) is 0 Å². The highest BCUT2D eigenvalue weighted by Gasteiger charge is 2.30. The molecule has 1 aromatic heterocycles. The molecule has 117 valence electrons. The van der Waals surface area contributed by atoms with Gasteiger partial charge in [0.1, 0.15) is 11.6 Å². The summed E-state index contributed by atoms with van der Waals surface area (Å²) < 4.78 is 1.07. The first-order valence-electron chi connectivity index (χ1n) is 7.53. The van der Waals surface area contributed by atoms with Gasteiger partial charge in [-0.1, -0.05) is 42.5 Å². The molecule has 0 bridgehead atoms. The number of nitrogens with zero attached hydrogens (tertiary/aromatic N) is 3. The number of fused-ring (bicyclic) bond motifs is 1. The summed E-state index contributed by atoms with van der Waals surface area (Å²) >= 11 is 0. The molecule has 1 aliphatic rings. The maximum Gasteiger partial charge on any atom is 0.278 e. The third-order valence-corrected chi connectivity index (χ3v) is 3.74. The van der Waals surface area contributed by atoms with E-state index in [1.807, 2.05) is 13.3 Å². The molecule has 1 fully saturated rings. The fraction of sp³-hybridized carbons (Fsp3) is 0.400. The van der Waals surface area contributed by atoms with Crippen molar-refractivity contribution in [1.29, 1.82) is 0 Å². The van der Waals surface area contributed by atoms with Crippen molar-refractivity contribution in [2.45, 2.75) is 38.5 Å². The van der Waals surface area contributed by atoms with Crippen LogP contribution in [0.3, 0.4) is 0 Å². The summed E-state index contributed by atoms with van der Waals surface area (Å²) in [7, 11) is 2.04. The minimum Gasteiger partial charge on any atom is -0.295 e. The lowest BCUT2D eigenvalue weighted by Crippen LogP contribution is -2.45. The van der Waals surface area contributed by atoms with Gasteiger partial charge in [-0.25, -0.2) is 0 Å². The van der Waals surface area contributed by atoms with E-state index in [-0.39, 0.29) is 24.3 Å². The Kier molecular flexibility index (Phi) is 3.98. The van der Waals surface area contributed by atoms with Crippen LogP contribution in [0.2, 0.25) is 5.82 Å². The number of hydrogen-bond donors (Lipinski definition) is 1. The van der Waals surface area contributed by atoms with Crippen molar-refractivity contribution in [1.82, 2.24) is 20.3 Å². The van der Waals surface area contributed by atoms with E-state index in [0.717, 1.165) is 10.1 Å². The quantitative estimate of drug-likeness (QED) is 0.632. The summed E-state index contributed by atoms with van der Waals surface area (Å²) in [6, 6.07) is 4.59. The second-order valence-electron chi connectivity index (χ2n) is 5.99. The Morgan fingerprint density at radius 2 is 2.09 bits per heavy atom. The number of amides is 2. The van der Waals surface area contributed by atoms with Crippen LogP contribution < -0.4 is 16.3 Å². The number of hydrogen-bond acceptors (Lipinski definition) is 5. The molecule has 1 saturated heterocycles. The van der Waals surface area contributed by atoms with Crippen LogP contribution in [0.4, 0.5) is 0 Å². The molecule has 1 aliphatic heterocycles.